The molecule has 4 atom stereocenters. The van der Waals surface area contributed by atoms with Crippen LogP contribution in [0.3, 0.4) is 0 Å². The number of carboxylic acids is 1. The largest absolute Gasteiger partial charge is 0.480 e. The molecule has 5 heteroatoms. The van der Waals surface area contributed by atoms with Gasteiger partial charge in [-0.25, -0.2) is 4.79 Å². The first-order chi connectivity index (χ1) is 10.1. The smallest absolute Gasteiger partial charge is 0.326 e. The van der Waals surface area contributed by atoms with Crippen LogP contribution in [0, 0.1) is 17.8 Å². The van der Waals surface area contributed by atoms with E-state index < -0.39 is 12.0 Å². The van der Waals surface area contributed by atoms with Crippen molar-refractivity contribution in [2.45, 2.75) is 57.9 Å². The van der Waals surface area contributed by atoms with Crippen molar-refractivity contribution < 1.29 is 14.7 Å². The van der Waals surface area contributed by atoms with Crippen LogP contribution >= 0.6 is 0 Å². The van der Waals surface area contributed by atoms with Crippen LogP contribution in [0.25, 0.3) is 0 Å². The van der Waals surface area contributed by atoms with E-state index >= 15 is 0 Å². The Morgan fingerprint density at radius 3 is 2.57 bits per heavy atom. The molecule has 0 aromatic carbocycles. The highest BCUT2D eigenvalue weighted by atomic mass is 16.4. The molecule has 1 heterocycles. The van der Waals surface area contributed by atoms with Gasteiger partial charge in [-0.2, -0.15) is 0 Å². The molecule has 1 aliphatic heterocycles. The van der Waals surface area contributed by atoms with E-state index in [0.29, 0.717) is 25.4 Å². The zero-order chi connectivity index (χ0) is 15.4. The third-order valence-corrected chi connectivity index (χ3v) is 5.39. The fraction of sp³-hybridized carbons (Fsp3) is 0.875. The normalized spacial score (nSPS) is 33.7. The minimum Gasteiger partial charge on any atom is -0.480 e. The predicted octanol–water partition coefficient (Wildman–Crippen LogP) is 1.85. The Labute approximate surface area is 126 Å². The van der Waals surface area contributed by atoms with Crippen LogP contribution in [0.5, 0.6) is 0 Å². The number of aliphatic carboxylic acids is 1. The maximum absolute atomic E-state index is 12.8. The molecule has 1 amide bonds. The molecule has 21 heavy (non-hydrogen) atoms. The van der Waals surface area contributed by atoms with Crippen LogP contribution in [0.1, 0.15) is 51.9 Å². The lowest BCUT2D eigenvalue weighted by Gasteiger charge is -2.41. The number of hydrogen-bond acceptors (Lipinski definition) is 3. The van der Waals surface area contributed by atoms with Crippen molar-refractivity contribution in [3.05, 3.63) is 0 Å². The molecule has 120 valence electrons. The summed E-state index contributed by atoms with van der Waals surface area (Å²) in [5, 5.41) is 9.47. The molecule has 2 aliphatic rings. The molecular weight excluding hydrogens is 268 g/mol. The highest BCUT2D eigenvalue weighted by Gasteiger charge is 2.40. The molecule has 3 N–H and O–H groups in total. The van der Waals surface area contributed by atoms with Gasteiger partial charge < -0.3 is 15.7 Å². The molecule has 0 aromatic heterocycles. The molecular formula is C16H28N2O3. The molecule has 1 aliphatic carbocycles. The number of nitrogens with two attached hydrogens (primary N) is 1. The third kappa shape index (κ3) is 3.57. The van der Waals surface area contributed by atoms with E-state index in [2.05, 4.69) is 6.92 Å². The Kier molecular flexibility index (Phi) is 5.62. The summed E-state index contributed by atoms with van der Waals surface area (Å²) in [5.41, 5.74) is 5.81. The molecule has 0 bridgehead atoms. The zero-order valence-electron chi connectivity index (χ0n) is 13.0. The fourth-order valence-corrected chi connectivity index (χ4v) is 3.93. The van der Waals surface area contributed by atoms with Crippen molar-refractivity contribution in [1.82, 2.24) is 4.90 Å². The molecule has 0 spiro atoms. The monoisotopic (exact) mass is 296 g/mol. The third-order valence-electron chi connectivity index (χ3n) is 5.39. The lowest BCUT2D eigenvalue weighted by atomic mass is 9.77. The van der Waals surface area contributed by atoms with Crippen molar-refractivity contribution in [3.8, 4) is 0 Å². The highest BCUT2D eigenvalue weighted by Crippen LogP contribution is 2.34. The number of hydrogen-bond donors (Lipinski definition) is 2. The lowest BCUT2D eigenvalue weighted by Crippen LogP contribution is -2.53. The number of carboxylic acid groups (broad SMARTS) is 1. The van der Waals surface area contributed by atoms with Crippen LogP contribution in [0.4, 0.5) is 0 Å². The van der Waals surface area contributed by atoms with Gasteiger partial charge in [0.25, 0.3) is 0 Å². The molecule has 2 fully saturated rings. The second kappa shape index (κ2) is 7.25. The number of likely N-dealkylation sites (tertiary alicyclic amines) is 1. The molecule has 2 rings (SSSR count). The van der Waals surface area contributed by atoms with Crippen LogP contribution in [0.15, 0.2) is 0 Å². The fourth-order valence-electron chi connectivity index (χ4n) is 3.93. The lowest BCUT2D eigenvalue weighted by molar-refractivity contribution is -0.156. The Morgan fingerprint density at radius 2 is 1.95 bits per heavy atom. The maximum Gasteiger partial charge on any atom is 0.326 e. The second-order valence-corrected chi connectivity index (χ2v) is 6.57. The Morgan fingerprint density at radius 1 is 1.24 bits per heavy atom. The van der Waals surface area contributed by atoms with E-state index in [4.69, 9.17) is 5.73 Å². The van der Waals surface area contributed by atoms with Gasteiger partial charge in [0.05, 0.1) is 0 Å². The van der Waals surface area contributed by atoms with Gasteiger partial charge in [-0.3, -0.25) is 4.79 Å². The summed E-state index contributed by atoms with van der Waals surface area (Å²) >= 11 is 0. The topological polar surface area (TPSA) is 83.6 Å². The van der Waals surface area contributed by atoms with Gasteiger partial charge in [0.15, 0.2) is 0 Å². The van der Waals surface area contributed by atoms with Gasteiger partial charge in [-0.15, -0.1) is 0 Å². The van der Waals surface area contributed by atoms with E-state index in [0.717, 1.165) is 38.5 Å². The number of carbonyl (C=O) groups is 2. The van der Waals surface area contributed by atoms with Gasteiger partial charge in [0.1, 0.15) is 6.04 Å². The first-order valence-electron chi connectivity index (χ1n) is 8.31. The number of piperidine rings is 1. The van der Waals surface area contributed by atoms with Crippen molar-refractivity contribution in [2.75, 3.05) is 13.1 Å². The van der Waals surface area contributed by atoms with Crippen molar-refractivity contribution in [3.63, 3.8) is 0 Å². The molecule has 0 aromatic rings. The van der Waals surface area contributed by atoms with E-state index in [1.54, 1.807) is 4.90 Å². The van der Waals surface area contributed by atoms with Crippen molar-refractivity contribution in [1.29, 1.82) is 0 Å². The minimum absolute atomic E-state index is 0.0344. The first kappa shape index (κ1) is 16.3. The van der Waals surface area contributed by atoms with E-state index in [1.807, 2.05) is 0 Å². The highest BCUT2D eigenvalue weighted by molar-refractivity contribution is 5.85. The Balaban J connectivity index is 2.10. The van der Waals surface area contributed by atoms with E-state index in [9.17, 15) is 14.7 Å². The van der Waals surface area contributed by atoms with Gasteiger partial charge in [-0.05, 0) is 44.1 Å². The summed E-state index contributed by atoms with van der Waals surface area (Å²) in [6, 6.07) is -0.642. The summed E-state index contributed by atoms with van der Waals surface area (Å²) in [4.78, 5) is 26.0. The SMILES string of the molecule is CCC1CCN(C(=O)C2CCCCC2CN)C(C(=O)O)C1. The summed E-state index contributed by atoms with van der Waals surface area (Å²) < 4.78 is 0. The maximum atomic E-state index is 12.8. The predicted molar refractivity (Wildman–Crippen MR) is 80.7 cm³/mol. The van der Waals surface area contributed by atoms with Gasteiger partial charge in [0.2, 0.25) is 5.91 Å². The average Bonchev–Trinajstić information content (AvgIpc) is 2.53. The van der Waals surface area contributed by atoms with Crippen LogP contribution < -0.4 is 5.73 Å². The number of rotatable bonds is 4. The Hall–Kier alpha value is -1.10. The first-order valence-corrected chi connectivity index (χ1v) is 8.31. The van der Waals surface area contributed by atoms with Crippen molar-refractivity contribution >= 4 is 11.9 Å². The summed E-state index contributed by atoms with van der Waals surface area (Å²) in [6.45, 7) is 3.20. The summed E-state index contributed by atoms with van der Waals surface area (Å²) in [5.74, 6) is -0.242. The van der Waals surface area contributed by atoms with Gasteiger partial charge in [-0.1, -0.05) is 26.2 Å². The number of nitrogens with zero attached hydrogens (tertiary/aromatic N) is 1. The zero-order valence-corrected chi connectivity index (χ0v) is 13.0. The second-order valence-electron chi connectivity index (χ2n) is 6.57. The minimum atomic E-state index is -0.860. The van der Waals surface area contributed by atoms with Gasteiger partial charge in [0, 0.05) is 12.5 Å². The quantitative estimate of drug-likeness (QED) is 0.829. The van der Waals surface area contributed by atoms with E-state index in [-0.39, 0.29) is 17.7 Å². The molecule has 1 saturated heterocycles. The average molecular weight is 296 g/mol. The van der Waals surface area contributed by atoms with E-state index in [1.165, 1.54) is 0 Å². The van der Waals surface area contributed by atoms with Crippen LogP contribution in [-0.2, 0) is 9.59 Å². The summed E-state index contributed by atoms with van der Waals surface area (Å²) in [7, 11) is 0. The summed E-state index contributed by atoms with van der Waals surface area (Å²) in [6.07, 6.45) is 6.54. The van der Waals surface area contributed by atoms with Gasteiger partial charge >= 0.3 is 5.97 Å². The molecule has 4 unspecified atom stereocenters. The molecule has 5 nitrogen and oxygen atoms in total. The number of carbonyl (C=O) groups excluding carboxylic acids is 1. The Bertz CT molecular complexity index is 386. The van der Waals surface area contributed by atoms with Crippen LogP contribution in [-0.4, -0.2) is 41.0 Å². The van der Waals surface area contributed by atoms with Crippen LogP contribution in [0.2, 0.25) is 0 Å². The van der Waals surface area contributed by atoms with Crippen molar-refractivity contribution in [2.24, 2.45) is 23.5 Å². The molecule has 1 saturated carbocycles. The molecule has 0 radical (unpaired) electrons. The standard InChI is InChI=1S/C16H28N2O3/c1-2-11-7-8-18(14(9-11)16(20)21)15(19)13-6-4-3-5-12(13)10-17/h11-14H,2-10,17H2,1H3,(H,20,21). The number of amides is 1.